The number of ether oxygens (including phenoxy) is 1. The van der Waals surface area contributed by atoms with Crippen LogP contribution in [0.3, 0.4) is 0 Å². The van der Waals surface area contributed by atoms with E-state index in [0.29, 0.717) is 24.1 Å². The van der Waals surface area contributed by atoms with Crippen molar-refractivity contribution in [2.24, 2.45) is 0 Å². The molecule has 1 aliphatic rings. The van der Waals surface area contributed by atoms with Crippen molar-refractivity contribution in [3.8, 4) is 5.75 Å². The second-order valence-corrected chi connectivity index (χ2v) is 6.83. The van der Waals surface area contributed by atoms with Gasteiger partial charge in [-0.25, -0.2) is 9.18 Å². The molecule has 1 heterocycles. The second-order valence-electron chi connectivity index (χ2n) is 6.83. The molecule has 2 rings (SSSR count). The summed E-state index contributed by atoms with van der Waals surface area (Å²) in [5.74, 6) is 0.0494. The van der Waals surface area contributed by atoms with Gasteiger partial charge in [-0.2, -0.15) is 0 Å². The van der Waals surface area contributed by atoms with Crippen LogP contribution in [0.4, 0.5) is 9.18 Å². The highest BCUT2D eigenvalue weighted by atomic mass is 19.1. The number of alkyl halides is 1. The minimum Gasteiger partial charge on any atom is -0.508 e. The summed E-state index contributed by atoms with van der Waals surface area (Å²) in [5.41, 5.74) is 2.47. The minimum absolute atomic E-state index is 0.0494. The molecule has 0 radical (unpaired) electrons. The number of fused-ring (bicyclic) bond motifs is 1. The second kappa shape index (κ2) is 5.78. The first-order valence-electron chi connectivity index (χ1n) is 7.56. The van der Waals surface area contributed by atoms with E-state index >= 15 is 0 Å². The zero-order valence-corrected chi connectivity index (χ0v) is 13.9. The van der Waals surface area contributed by atoms with Crippen molar-refractivity contribution in [1.82, 2.24) is 4.90 Å². The van der Waals surface area contributed by atoms with Crippen LogP contribution in [0, 0.1) is 6.92 Å². The molecule has 0 aliphatic carbocycles. The van der Waals surface area contributed by atoms with Crippen LogP contribution in [0.25, 0.3) is 0 Å². The molecular weight excluding hydrogens is 285 g/mol. The summed E-state index contributed by atoms with van der Waals surface area (Å²) < 4.78 is 19.0. The van der Waals surface area contributed by atoms with Crippen molar-refractivity contribution in [1.29, 1.82) is 0 Å². The van der Waals surface area contributed by atoms with Gasteiger partial charge >= 0.3 is 6.09 Å². The monoisotopic (exact) mass is 309 g/mol. The fourth-order valence-corrected chi connectivity index (χ4v) is 2.82. The molecule has 1 aromatic rings. The molecule has 0 aromatic heterocycles. The quantitative estimate of drug-likeness (QED) is 0.852. The Morgan fingerprint density at radius 1 is 1.41 bits per heavy atom. The van der Waals surface area contributed by atoms with Gasteiger partial charge in [-0.15, -0.1) is 0 Å². The van der Waals surface area contributed by atoms with E-state index in [1.165, 1.54) is 13.0 Å². The number of amides is 1. The van der Waals surface area contributed by atoms with E-state index < -0.39 is 17.9 Å². The van der Waals surface area contributed by atoms with Crippen LogP contribution < -0.4 is 0 Å². The smallest absolute Gasteiger partial charge is 0.410 e. The van der Waals surface area contributed by atoms with Crippen LogP contribution in [0.15, 0.2) is 6.07 Å². The molecule has 1 aliphatic heterocycles. The highest BCUT2D eigenvalue weighted by Crippen LogP contribution is 2.36. The summed E-state index contributed by atoms with van der Waals surface area (Å²) in [4.78, 5) is 13.7. The maximum Gasteiger partial charge on any atom is 0.410 e. The number of carbonyl (C=O) groups excluding carboxylic acids is 1. The molecule has 1 amide bonds. The summed E-state index contributed by atoms with van der Waals surface area (Å²) in [6.45, 7) is 9.58. The average Bonchev–Trinajstić information content (AvgIpc) is 2.40. The van der Waals surface area contributed by atoms with Gasteiger partial charge in [0.15, 0.2) is 0 Å². The molecule has 1 atom stereocenters. The van der Waals surface area contributed by atoms with Gasteiger partial charge in [-0.1, -0.05) is 0 Å². The van der Waals surface area contributed by atoms with E-state index in [2.05, 4.69) is 0 Å². The van der Waals surface area contributed by atoms with E-state index in [0.717, 1.165) is 11.1 Å². The average molecular weight is 309 g/mol. The van der Waals surface area contributed by atoms with Crippen molar-refractivity contribution in [3.05, 3.63) is 28.3 Å². The maximum atomic E-state index is 13.6. The molecule has 4 nitrogen and oxygen atoms in total. The predicted octanol–water partition coefficient (Wildman–Crippen LogP) is 4.02. The van der Waals surface area contributed by atoms with Crippen LogP contribution >= 0.6 is 0 Å². The Balaban J connectivity index is 2.28. The van der Waals surface area contributed by atoms with Gasteiger partial charge in [0, 0.05) is 12.1 Å². The largest absolute Gasteiger partial charge is 0.508 e. The number of nitrogens with zero attached hydrogens (tertiary/aromatic N) is 1. The molecule has 122 valence electrons. The van der Waals surface area contributed by atoms with E-state index in [1.54, 1.807) is 4.90 Å². The molecule has 22 heavy (non-hydrogen) atoms. The molecule has 0 fully saturated rings. The molecular formula is C17H24FNO3. The first-order valence-corrected chi connectivity index (χ1v) is 7.56. The Labute approximate surface area is 130 Å². The fraction of sp³-hybridized carbons (Fsp3) is 0.588. The highest BCUT2D eigenvalue weighted by molar-refractivity contribution is 5.69. The number of phenols is 1. The zero-order chi connectivity index (χ0) is 16.7. The fourth-order valence-electron chi connectivity index (χ4n) is 2.82. The Morgan fingerprint density at radius 2 is 2.05 bits per heavy atom. The summed E-state index contributed by atoms with van der Waals surface area (Å²) in [5, 5.41) is 10.2. The van der Waals surface area contributed by atoms with Crippen molar-refractivity contribution >= 4 is 6.09 Å². The maximum absolute atomic E-state index is 13.6. The standard InChI is InChI=1S/C17H24FNO3/c1-10-12-6-7-19(16(21)22-17(3,4)5)9-14(12)15(20)8-13(10)11(2)18/h8,11,20H,6-7,9H2,1-5H3. The molecule has 1 aromatic carbocycles. The van der Waals surface area contributed by atoms with Crippen molar-refractivity contribution in [3.63, 3.8) is 0 Å². The lowest BCUT2D eigenvalue weighted by atomic mass is 9.89. The van der Waals surface area contributed by atoms with E-state index in [9.17, 15) is 14.3 Å². The van der Waals surface area contributed by atoms with Crippen molar-refractivity contribution in [2.45, 2.75) is 59.4 Å². The van der Waals surface area contributed by atoms with Crippen LogP contribution in [-0.4, -0.2) is 28.2 Å². The van der Waals surface area contributed by atoms with Crippen molar-refractivity contribution in [2.75, 3.05) is 6.54 Å². The lowest BCUT2D eigenvalue weighted by molar-refractivity contribution is 0.0222. The summed E-state index contributed by atoms with van der Waals surface area (Å²) in [7, 11) is 0. The predicted molar refractivity (Wildman–Crippen MR) is 82.7 cm³/mol. The Bertz CT molecular complexity index is 591. The normalized spacial score (nSPS) is 16.2. The number of hydrogen-bond donors (Lipinski definition) is 1. The molecule has 0 spiro atoms. The number of hydrogen-bond acceptors (Lipinski definition) is 3. The van der Waals surface area contributed by atoms with E-state index in [-0.39, 0.29) is 12.3 Å². The Kier molecular flexibility index (Phi) is 4.36. The van der Waals surface area contributed by atoms with Crippen molar-refractivity contribution < 1.29 is 19.0 Å². The first kappa shape index (κ1) is 16.6. The molecule has 1 unspecified atom stereocenters. The molecule has 0 bridgehead atoms. The Hall–Kier alpha value is -1.78. The number of phenolic OH excluding ortho intramolecular Hbond substituents is 1. The van der Waals surface area contributed by atoms with Gasteiger partial charge in [-0.3, -0.25) is 0 Å². The third-order valence-corrected chi connectivity index (χ3v) is 3.91. The van der Waals surface area contributed by atoms with Gasteiger partial charge in [0.05, 0.1) is 6.54 Å². The third kappa shape index (κ3) is 3.34. The number of carbonyl (C=O) groups is 1. The molecule has 0 saturated carbocycles. The number of rotatable bonds is 1. The number of benzene rings is 1. The van der Waals surface area contributed by atoms with Crippen LogP contribution in [0.1, 0.15) is 56.1 Å². The molecule has 0 saturated heterocycles. The van der Waals surface area contributed by atoms with Gasteiger partial charge in [-0.05, 0) is 63.8 Å². The SMILES string of the molecule is Cc1c(C(C)F)cc(O)c2c1CCN(C(=O)OC(C)(C)C)C2. The lowest BCUT2D eigenvalue weighted by Gasteiger charge is -2.32. The molecule has 1 N–H and O–H groups in total. The summed E-state index contributed by atoms with van der Waals surface area (Å²) >= 11 is 0. The minimum atomic E-state index is -1.12. The summed E-state index contributed by atoms with van der Waals surface area (Å²) in [6.07, 6.45) is -0.924. The lowest BCUT2D eigenvalue weighted by Crippen LogP contribution is -2.40. The number of aromatic hydroxyl groups is 1. The van der Waals surface area contributed by atoms with Gasteiger partial charge in [0.25, 0.3) is 0 Å². The van der Waals surface area contributed by atoms with Gasteiger partial charge < -0.3 is 14.7 Å². The van der Waals surface area contributed by atoms with Crippen LogP contribution in [-0.2, 0) is 17.7 Å². The third-order valence-electron chi connectivity index (χ3n) is 3.91. The number of halogens is 1. The Morgan fingerprint density at radius 3 is 2.59 bits per heavy atom. The zero-order valence-electron chi connectivity index (χ0n) is 13.9. The first-order chi connectivity index (χ1) is 10.1. The van der Waals surface area contributed by atoms with E-state index in [4.69, 9.17) is 4.74 Å². The topological polar surface area (TPSA) is 49.8 Å². The van der Waals surface area contributed by atoms with Gasteiger partial charge in [0.2, 0.25) is 0 Å². The van der Waals surface area contributed by atoms with Gasteiger partial charge in [0.1, 0.15) is 17.5 Å². The van der Waals surface area contributed by atoms with Crippen LogP contribution in [0.5, 0.6) is 5.75 Å². The van der Waals surface area contributed by atoms with Crippen LogP contribution in [0.2, 0.25) is 0 Å². The molecule has 5 heteroatoms. The highest BCUT2D eigenvalue weighted by Gasteiger charge is 2.29. The van der Waals surface area contributed by atoms with E-state index in [1.807, 2.05) is 27.7 Å². The summed E-state index contributed by atoms with van der Waals surface area (Å²) in [6, 6.07) is 1.47.